The van der Waals surface area contributed by atoms with Gasteiger partial charge in [0.2, 0.25) is 0 Å². The predicted octanol–water partition coefficient (Wildman–Crippen LogP) is 1.65. The van der Waals surface area contributed by atoms with Crippen LogP contribution in [0, 0.1) is 5.92 Å². The molecule has 0 aliphatic carbocycles. The molecule has 3 heteroatoms. The molecule has 2 N–H and O–H groups in total. The molecule has 0 aliphatic heterocycles. The van der Waals surface area contributed by atoms with Gasteiger partial charge < -0.3 is 10.6 Å². The van der Waals surface area contributed by atoms with Crippen LogP contribution < -0.4 is 5.73 Å². The van der Waals surface area contributed by atoms with Gasteiger partial charge in [0.05, 0.1) is 0 Å². The molecule has 0 bridgehead atoms. The molecule has 0 fully saturated rings. The number of hydrogen-bond acceptors (Lipinski definition) is 3. The Morgan fingerprint density at radius 2 is 1.85 bits per heavy atom. The summed E-state index contributed by atoms with van der Waals surface area (Å²) in [5.41, 5.74) is 6.00. The average Bonchev–Trinajstić information content (AvgIpc) is 2.04. The minimum atomic E-state index is 0.300. The molecule has 2 unspecified atom stereocenters. The number of likely N-dealkylation sites (N-methyl/N-ethyl adjacent to an activating group) is 1. The number of nitrogens with zero attached hydrogens (tertiary/aromatic N) is 1. The highest BCUT2D eigenvalue weighted by molar-refractivity contribution is 7.98. The first kappa shape index (κ1) is 13.3. The Hall–Kier alpha value is 0.270. The van der Waals surface area contributed by atoms with E-state index in [1.54, 1.807) is 0 Å². The smallest absolute Gasteiger partial charge is 0.0191 e. The van der Waals surface area contributed by atoms with E-state index in [0.29, 0.717) is 18.0 Å². The van der Waals surface area contributed by atoms with Crippen molar-refractivity contribution >= 4 is 11.8 Å². The van der Waals surface area contributed by atoms with Crippen LogP contribution in [0.4, 0.5) is 0 Å². The van der Waals surface area contributed by atoms with Crippen molar-refractivity contribution in [2.75, 3.05) is 25.6 Å². The summed E-state index contributed by atoms with van der Waals surface area (Å²) in [6, 6.07) is 0.925. The molecular formula is C10H24N2S. The third kappa shape index (κ3) is 5.55. The van der Waals surface area contributed by atoms with Crippen molar-refractivity contribution in [1.82, 2.24) is 4.90 Å². The SMILES string of the molecule is CSCC(C)N(C)CC(N)C(C)C. The van der Waals surface area contributed by atoms with Gasteiger partial charge in [-0.2, -0.15) is 11.8 Å². The molecule has 2 atom stereocenters. The molecule has 0 aliphatic rings. The van der Waals surface area contributed by atoms with Crippen LogP contribution in [0.25, 0.3) is 0 Å². The van der Waals surface area contributed by atoms with Gasteiger partial charge in [-0.15, -0.1) is 0 Å². The van der Waals surface area contributed by atoms with Crippen LogP contribution in [0.3, 0.4) is 0 Å². The molecule has 0 radical (unpaired) electrons. The molecule has 0 saturated carbocycles. The number of nitrogens with two attached hydrogens (primary N) is 1. The van der Waals surface area contributed by atoms with Gasteiger partial charge in [-0.25, -0.2) is 0 Å². The molecule has 0 rings (SSSR count). The van der Waals surface area contributed by atoms with E-state index < -0.39 is 0 Å². The minimum Gasteiger partial charge on any atom is -0.326 e. The van der Waals surface area contributed by atoms with Gasteiger partial charge >= 0.3 is 0 Å². The highest BCUT2D eigenvalue weighted by Gasteiger charge is 2.14. The highest BCUT2D eigenvalue weighted by Crippen LogP contribution is 2.06. The molecule has 0 saturated heterocycles. The molecule has 2 nitrogen and oxygen atoms in total. The number of thioether (sulfide) groups is 1. The first-order valence-electron chi connectivity index (χ1n) is 4.93. The standard InChI is InChI=1S/C10H24N2S/c1-8(2)10(11)6-12(4)9(3)7-13-5/h8-10H,6-7,11H2,1-5H3. The van der Waals surface area contributed by atoms with E-state index in [9.17, 15) is 0 Å². The van der Waals surface area contributed by atoms with Gasteiger partial charge in [-0.3, -0.25) is 0 Å². The number of rotatable bonds is 6. The van der Waals surface area contributed by atoms with Gasteiger partial charge in [0, 0.05) is 24.4 Å². The van der Waals surface area contributed by atoms with Gasteiger partial charge in [0.25, 0.3) is 0 Å². The topological polar surface area (TPSA) is 29.3 Å². The fraction of sp³-hybridized carbons (Fsp3) is 1.00. The molecular weight excluding hydrogens is 180 g/mol. The summed E-state index contributed by atoms with van der Waals surface area (Å²) in [4.78, 5) is 2.35. The Kier molecular flexibility index (Phi) is 6.82. The van der Waals surface area contributed by atoms with Crippen molar-refractivity contribution < 1.29 is 0 Å². The fourth-order valence-corrected chi connectivity index (χ4v) is 1.83. The fourth-order valence-electron chi connectivity index (χ4n) is 1.09. The molecule has 0 spiro atoms. The molecule has 80 valence electrons. The van der Waals surface area contributed by atoms with Crippen LogP contribution in [0.2, 0.25) is 0 Å². The normalized spacial score (nSPS) is 16.6. The first-order chi connectivity index (χ1) is 5.99. The largest absolute Gasteiger partial charge is 0.326 e. The van der Waals surface area contributed by atoms with Crippen molar-refractivity contribution in [3.8, 4) is 0 Å². The van der Waals surface area contributed by atoms with Crippen molar-refractivity contribution in [2.24, 2.45) is 11.7 Å². The second kappa shape index (κ2) is 6.68. The summed E-state index contributed by atoms with van der Waals surface area (Å²) in [5.74, 6) is 1.75. The summed E-state index contributed by atoms with van der Waals surface area (Å²) in [6.45, 7) is 7.61. The van der Waals surface area contributed by atoms with Crippen LogP contribution in [-0.4, -0.2) is 42.6 Å². The number of hydrogen-bond donors (Lipinski definition) is 1. The first-order valence-corrected chi connectivity index (χ1v) is 6.33. The molecule has 0 aromatic carbocycles. The lowest BCUT2D eigenvalue weighted by molar-refractivity contribution is 0.241. The second-order valence-corrected chi connectivity index (χ2v) is 5.06. The molecule has 13 heavy (non-hydrogen) atoms. The Balaban J connectivity index is 3.77. The lowest BCUT2D eigenvalue weighted by Gasteiger charge is -2.28. The minimum absolute atomic E-state index is 0.300. The quantitative estimate of drug-likeness (QED) is 0.713. The molecule has 0 aromatic heterocycles. The van der Waals surface area contributed by atoms with Gasteiger partial charge in [0.15, 0.2) is 0 Å². The van der Waals surface area contributed by atoms with E-state index in [2.05, 4.69) is 39.0 Å². The summed E-state index contributed by atoms with van der Waals surface area (Å²) < 4.78 is 0. The van der Waals surface area contributed by atoms with E-state index in [1.807, 2.05) is 11.8 Å². The molecule has 0 heterocycles. The van der Waals surface area contributed by atoms with Crippen LogP contribution in [0.1, 0.15) is 20.8 Å². The maximum absolute atomic E-state index is 6.00. The monoisotopic (exact) mass is 204 g/mol. The van der Waals surface area contributed by atoms with E-state index in [4.69, 9.17) is 5.73 Å². The zero-order valence-electron chi connectivity index (χ0n) is 9.58. The lowest BCUT2D eigenvalue weighted by atomic mass is 10.0. The highest BCUT2D eigenvalue weighted by atomic mass is 32.2. The summed E-state index contributed by atoms with van der Waals surface area (Å²) in [7, 11) is 2.16. The average molecular weight is 204 g/mol. The maximum atomic E-state index is 6.00. The van der Waals surface area contributed by atoms with E-state index in [-0.39, 0.29) is 0 Å². The van der Waals surface area contributed by atoms with Gasteiger partial charge in [0.1, 0.15) is 0 Å². The zero-order valence-corrected chi connectivity index (χ0v) is 10.4. The molecule has 0 amide bonds. The summed E-state index contributed by atoms with van der Waals surface area (Å²) >= 11 is 1.89. The van der Waals surface area contributed by atoms with Gasteiger partial charge in [-0.1, -0.05) is 13.8 Å². The van der Waals surface area contributed by atoms with Crippen LogP contribution in [-0.2, 0) is 0 Å². The van der Waals surface area contributed by atoms with Gasteiger partial charge in [-0.05, 0) is 26.1 Å². The van der Waals surface area contributed by atoms with E-state index in [0.717, 1.165) is 6.54 Å². The Morgan fingerprint density at radius 3 is 2.23 bits per heavy atom. The predicted molar refractivity (Wildman–Crippen MR) is 63.3 cm³/mol. The van der Waals surface area contributed by atoms with Crippen molar-refractivity contribution in [3.63, 3.8) is 0 Å². The third-order valence-electron chi connectivity index (χ3n) is 2.52. The lowest BCUT2D eigenvalue weighted by Crippen LogP contribution is -2.43. The van der Waals surface area contributed by atoms with Crippen molar-refractivity contribution in [2.45, 2.75) is 32.9 Å². The maximum Gasteiger partial charge on any atom is 0.0191 e. The van der Waals surface area contributed by atoms with Crippen molar-refractivity contribution in [1.29, 1.82) is 0 Å². The zero-order chi connectivity index (χ0) is 10.4. The third-order valence-corrected chi connectivity index (χ3v) is 3.33. The van der Waals surface area contributed by atoms with E-state index in [1.165, 1.54) is 5.75 Å². The Morgan fingerprint density at radius 1 is 1.31 bits per heavy atom. The van der Waals surface area contributed by atoms with Crippen LogP contribution in [0.15, 0.2) is 0 Å². The van der Waals surface area contributed by atoms with Crippen LogP contribution >= 0.6 is 11.8 Å². The second-order valence-electron chi connectivity index (χ2n) is 4.15. The summed E-state index contributed by atoms with van der Waals surface area (Å²) in [6.07, 6.45) is 2.15. The van der Waals surface area contributed by atoms with Crippen molar-refractivity contribution in [3.05, 3.63) is 0 Å². The van der Waals surface area contributed by atoms with E-state index >= 15 is 0 Å². The Bertz CT molecular complexity index is 128. The van der Waals surface area contributed by atoms with Crippen LogP contribution in [0.5, 0.6) is 0 Å². The molecule has 0 aromatic rings. The summed E-state index contributed by atoms with van der Waals surface area (Å²) in [5, 5.41) is 0. The Labute approximate surface area is 87.2 Å².